The van der Waals surface area contributed by atoms with E-state index in [1.807, 2.05) is 19.3 Å². The van der Waals surface area contributed by atoms with Gasteiger partial charge in [0.05, 0.1) is 0 Å². The summed E-state index contributed by atoms with van der Waals surface area (Å²) in [5.41, 5.74) is 0. The van der Waals surface area contributed by atoms with E-state index in [0.29, 0.717) is 0 Å². The van der Waals surface area contributed by atoms with Gasteiger partial charge in [0.1, 0.15) is 0 Å². The molecule has 0 saturated heterocycles. The zero-order chi connectivity index (χ0) is 7.11. The molecule has 0 amide bonds. The molecule has 0 radical (unpaired) electrons. The zero-order valence-electron chi connectivity index (χ0n) is 5.79. The van der Waals surface area contributed by atoms with Crippen LogP contribution in [0.5, 0.6) is 0 Å². The lowest BCUT2D eigenvalue weighted by Crippen LogP contribution is -1.73. The maximum atomic E-state index is 3.86. The van der Waals surface area contributed by atoms with E-state index < -0.39 is 0 Å². The second-order valence-electron chi connectivity index (χ2n) is 1.36. The van der Waals surface area contributed by atoms with Crippen LogP contribution in [-0.2, 0) is 0 Å². The molecule has 0 rings (SSSR count). The van der Waals surface area contributed by atoms with Gasteiger partial charge in [0, 0.05) is 17.3 Å². The number of hydrogen-bond acceptors (Lipinski definition) is 2. The Hall–Kier alpha value is -0.500. The van der Waals surface area contributed by atoms with E-state index in [1.165, 1.54) is 6.20 Å². The third-order valence-corrected chi connectivity index (χ3v) is 1.64. The third kappa shape index (κ3) is 4.03. The van der Waals surface area contributed by atoms with Gasteiger partial charge in [0.2, 0.25) is 0 Å². The fraction of sp³-hybridized carbons (Fsp3) is 0.286. The minimum Gasteiger partial charge on any atom is -0.264 e. The van der Waals surface area contributed by atoms with Crippen LogP contribution < -0.4 is 0 Å². The van der Waals surface area contributed by atoms with Crippen molar-refractivity contribution in [2.24, 2.45) is 4.99 Å². The third-order valence-electron chi connectivity index (χ3n) is 0.827. The van der Waals surface area contributed by atoms with Crippen LogP contribution in [0.3, 0.4) is 0 Å². The van der Waals surface area contributed by atoms with Crippen molar-refractivity contribution in [1.29, 1.82) is 0 Å². The van der Waals surface area contributed by atoms with Crippen LogP contribution in [0.15, 0.2) is 28.8 Å². The number of allylic oxidation sites excluding steroid dienone is 2. The lowest BCUT2D eigenvalue weighted by atomic mass is 10.5. The van der Waals surface area contributed by atoms with Crippen molar-refractivity contribution < 1.29 is 0 Å². The molecule has 9 heavy (non-hydrogen) atoms. The molecule has 2 heteroatoms. The highest BCUT2D eigenvalue weighted by atomic mass is 32.2. The van der Waals surface area contributed by atoms with Crippen molar-refractivity contribution in [3.63, 3.8) is 0 Å². The van der Waals surface area contributed by atoms with Crippen LogP contribution in [0.4, 0.5) is 0 Å². The Bertz CT molecular complexity index is 136. The average Bonchev–Trinajstić information content (AvgIpc) is 1.91. The second-order valence-corrected chi connectivity index (χ2v) is 2.24. The number of rotatable bonds is 3. The normalized spacial score (nSPS) is 12.4. The van der Waals surface area contributed by atoms with E-state index in [9.17, 15) is 0 Å². The lowest BCUT2D eigenvalue weighted by molar-refractivity contribution is 1.61. The van der Waals surface area contributed by atoms with Gasteiger partial charge in [-0.1, -0.05) is 12.7 Å². The highest BCUT2D eigenvalue weighted by molar-refractivity contribution is 8.03. The summed E-state index contributed by atoms with van der Waals surface area (Å²) < 4.78 is 0. The standard InChI is InChI=1S/C7H11NS/c1-4-7(9-3)6-8-5-2/h4-6H,2H2,1,3H3/b7-4+,8-6?. The molecule has 0 aromatic heterocycles. The quantitative estimate of drug-likeness (QED) is 0.550. The van der Waals surface area contributed by atoms with Gasteiger partial charge < -0.3 is 0 Å². The summed E-state index contributed by atoms with van der Waals surface area (Å²) in [7, 11) is 0. The summed E-state index contributed by atoms with van der Waals surface area (Å²) in [4.78, 5) is 5.03. The summed E-state index contributed by atoms with van der Waals surface area (Å²) >= 11 is 1.67. The van der Waals surface area contributed by atoms with Gasteiger partial charge in [-0.05, 0) is 13.2 Å². The molecule has 0 aromatic rings. The van der Waals surface area contributed by atoms with Gasteiger partial charge in [-0.25, -0.2) is 0 Å². The topological polar surface area (TPSA) is 12.4 Å². The van der Waals surface area contributed by atoms with Crippen LogP contribution in [-0.4, -0.2) is 12.5 Å². The molecule has 0 heterocycles. The molecule has 0 saturated carbocycles. The summed E-state index contributed by atoms with van der Waals surface area (Å²) in [5, 5.41) is 0. The van der Waals surface area contributed by atoms with Gasteiger partial charge in [-0.3, -0.25) is 4.99 Å². The Morgan fingerprint density at radius 1 is 1.67 bits per heavy atom. The first-order valence-corrected chi connectivity index (χ1v) is 3.92. The highest BCUT2D eigenvalue weighted by Gasteiger charge is 1.82. The lowest BCUT2D eigenvalue weighted by Gasteiger charge is -1.89. The van der Waals surface area contributed by atoms with Gasteiger partial charge in [0.25, 0.3) is 0 Å². The largest absolute Gasteiger partial charge is 0.264 e. The van der Waals surface area contributed by atoms with E-state index in [1.54, 1.807) is 18.0 Å². The number of thioether (sulfide) groups is 1. The maximum Gasteiger partial charge on any atom is 0.0400 e. The van der Waals surface area contributed by atoms with Crippen molar-refractivity contribution in [3.05, 3.63) is 23.8 Å². The minimum atomic E-state index is 1.16. The van der Waals surface area contributed by atoms with Crippen molar-refractivity contribution >= 4 is 18.0 Å². The Morgan fingerprint density at radius 2 is 2.33 bits per heavy atom. The SMILES string of the molecule is C=CN=C/C(=C\C)SC. The van der Waals surface area contributed by atoms with Crippen LogP contribution in [0.25, 0.3) is 0 Å². The molecular weight excluding hydrogens is 130 g/mol. The first-order valence-electron chi connectivity index (χ1n) is 2.69. The van der Waals surface area contributed by atoms with Crippen LogP contribution in [0, 0.1) is 0 Å². The van der Waals surface area contributed by atoms with Crippen LogP contribution in [0.2, 0.25) is 0 Å². The number of aliphatic imine (C=N–C) groups is 1. The van der Waals surface area contributed by atoms with Crippen molar-refractivity contribution in [2.75, 3.05) is 6.26 Å². The Labute approximate surface area is 60.6 Å². The first kappa shape index (κ1) is 8.50. The molecule has 0 spiro atoms. The van der Waals surface area contributed by atoms with Crippen LogP contribution in [0.1, 0.15) is 6.92 Å². The highest BCUT2D eigenvalue weighted by Crippen LogP contribution is 2.06. The fourth-order valence-corrected chi connectivity index (χ4v) is 0.773. The first-order chi connectivity index (χ1) is 4.35. The molecule has 0 N–H and O–H groups in total. The fourth-order valence-electron chi connectivity index (χ4n) is 0.371. The molecule has 0 bridgehead atoms. The Kier molecular flexibility index (Phi) is 5.32. The predicted molar refractivity (Wildman–Crippen MR) is 46.0 cm³/mol. The van der Waals surface area contributed by atoms with Crippen molar-refractivity contribution in [2.45, 2.75) is 6.92 Å². The van der Waals surface area contributed by atoms with E-state index in [4.69, 9.17) is 0 Å². The summed E-state index contributed by atoms with van der Waals surface area (Å²) in [6.07, 6.45) is 7.35. The average molecular weight is 141 g/mol. The summed E-state index contributed by atoms with van der Waals surface area (Å²) in [5.74, 6) is 0. The molecule has 50 valence electrons. The van der Waals surface area contributed by atoms with Crippen LogP contribution >= 0.6 is 11.8 Å². The molecule has 0 aromatic carbocycles. The van der Waals surface area contributed by atoms with Gasteiger partial charge in [-0.2, -0.15) is 0 Å². The van der Waals surface area contributed by atoms with Crippen molar-refractivity contribution in [1.82, 2.24) is 0 Å². The molecular formula is C7H11NS. The Morgan fingerprint density at radius 3 is 2.67 bits per heavy atom. The summed E-state index contributed by atoms with van der Waals surface area (Å²) in [6, 6.07) is 0. The van der Waals surface area contributed by atoms with E-state index >= 15 is 0 Å². The molecule has 0 aliphatic rings. The molecule has 0 aliphatic carbocycles. The van der Waals surface area contributed by atoms with E-state index in [-0.39, 0.29) is 0 Å². The molecule has 0 unspecified atom stereocenters. The number of nitrogens with zero attached hydrogens (tertiary/aromatic N) is 1. The minimum absolute atomic E-state index is 1.16. The zero-order valence-corrected chi connectivity index (χ0v) is 6.61. The smallest absolute Gasteiger partial charge is 0.0400 e. The van der Waals surface area contributed by atoms with Crippen molar-refractivity contribution in [3.8, 4) is 0 Å². The molecule has 0 atom stereocenters. The van der Waals surface area contributed by atoms with Gasteiger partial charge >= 0.3 is 0 Å². The molecule has 0 fully saturated rings. The maximum absolute atomic E-state index is 3.86. The Balaban J connectivity index is 3.84. The molecule has 0 aliphatic heterocycles. The monoisotopic (exact) mass is 141 g/mol. The van der Waals surface area contributed by atoms with Gasteiger partial charge in [0.15, 0.2) is 0 Å². The van der Waals surface area contributed by atoms with Gasteiger partial charge in [-0.15, -0.1) is 11.8 Å². The second kappa shape index (κ2) is 5.63. The summed E-state index contributed by atoms with van der Waals surface area (Å²) in [6.45, 7) is 5.45. The van der Waals surface area contributed by atoms with E-state index in [2.05, 4.69) is 11.6 Å². The number of hydrogen-bond donors (Lipinski definition) is 0. The predicted octanol–water partition coefficient (Wildman–Crippen LogP) is 2.47. The van der Waals surface area contributed by atoms with E-state index in [0.717, 1.165) is 4.91 Å². The molecule has 1 nitrogen and oxygen atoms in total.